The first kappa shape index (κ1) is 15.1. The van der Waals surface area contributed by atoms with Gasteiger partial charge in [0.05, 0.1) is 12.3 Å². The summed E-state index contributed by atoms with van der Waals surface area (Å²) in [5.41, 5.74) is 4.61. The van der Waals surface area contributed by atoms with Gasteiger partial charge in [-0.1, -0.05) is 22.6 Å². The van der Waals surface area contributed by atoms with Crippen molar-refractivity contribution in [2.45, 2.75) is 44.2 Å². The maximum absolute atomic E-state index is 13.6. The Balaban J connectivity index is 1.99. The Morgan fingerprint density at radius 1 is 1.48 bits per heavy atom. The van der Waals surface area contributed by atoms with Crippen molar-refractivity contribution < 1.29 is 18.6 Å². The molecule has 1 aromatic heterocycles. The molecular weight excluding hydrogens is 396 g/mol. The largest absolute Gasteiger partial charge is 0.381 e. The fraction of sp³-hybridized carbons (Fsp3) is 0.667. The van der Waals surface area contributed by atoms with E-state index in [0.29, 0.717) is 4.43 Å². The first-order valence-electron chi connectivity index (χ1n) is 6.43. The van der Waals surface area contributed by atoms with E-state index in [-0.39, 0.29) is 12.2 Å². The summed E-state index contributed by atoms with van der Waals surface area (Å²) < 4.78 is 32.8. The summed E-state index contributed by atoms with van der Waals surface area (Å²) in [7, 11) is 0. The van der Waals surface area contributed by atoms with Gasteiger partial charge in [-0.3, -0.25) is 4.57 Å². The van der Waals surface area contributed by atoms with Gasteiger partial charge in [0.25, 0.3) is 0 Å². The van der Waals surface area contributed by atoms with Crippen LogP contribution in [0.5, 0.6) is 0 Å². The minimum absolute atomic E-state index is 0.241. The lowest BCUT2D eigenvalue weighted by Crippen LogP contribution is -2.35. The molecule has 0 radical (unpaired) electrons. The van der Waals surface area contributed by atoms with Crippen molar-refractivity contribution in [1.29, 1.82) is 0 Å². The molecule has 2 aliphatic rings. The Bertz CT molecular complexity index is 623. The molecular formula is C12H15FIN3O4. The summed E-state index contributed by atoms with van der Waals surface area (Å²) in [6.07, 6.45) is -0.838. The highest BCUT2D eigenvalue weighted by Crippen LogP contribution is 2.43. The molecule has 2 N–H and O–H groups in total. The molecule has 0 saturated carbocycles. The Labute approximate surface area is 133 Å². The van der Waals surface area contributed by atoms with Crippen LogP contribution in [0.2, 0.25) is 0 Å². The lowest BCUT2D eigenvalue weighted by Gasteiger charge is -2.24. The normalized spacial score (nSPS) is 34.1. The smallest absolute Gasteiger partial charge is 0.351 e. The minimum atomic E-state index is -0.786. The summed E-state index contributed by atoms with van der Waals surface area (Å²) in [5.74, 6) is -1.98. The zero-order valence-electron chi connectivity index (χ0n) is 11.5. The number of fused-ring (bicyclic) bond motifs is 1. The summed E-state index contributed by atoms with van der Waals surface area (Å²) in [4.78, 5) is 15.4. The van der Waals surface area contributed by atoms with Crippen LogP contribution in [0.25, 0.3) is 0 Å². The molecule has 7 nitrogen and oxygen atoms in total. The number of hydrogen-bond acceptors (Lipinski definition) is 6. The van der Waals surface area contributed by atoms with Crippen LogP contribution in [0.4, 0.5) is 10.2 Å². The average molecular weight is 411 g/mol. The van der Waals surface area contributed by atoms with Gasteiger partial charge in [0.2, 0.25) is 0 Å². The van der Waals surface area contributed by atoms with E-state index in [1.165, 1.54) is 0 Å². The lowest BCUT2D eigenvalue weighted by molar-refractivity contribution is -0.194. The fourth-order valence-electron chi connectivity index (χ4n) is 2.65. The molecule has 9 heteroatoms. The number of rotatable bonds is 2. The second-order valence-corrected chi connectivity index (χ2v) is 6.33. The maximum atomic E-state index is 13.6. The zero-order chi connectivity index (χ0) is 15.4. The molecule has 0 aliphatic carbocycles. The fourth-order valence-corrected chi connectivity index (χ4v) is 3.36. The number of alkyl halides is 1. The first-order valence-corrected chi connectivity index (χ1v) is 7.96. The van der Waals surface area contributed by atoms with Gasteiger partial charge in [-0.2, -0.15) is 4.98 Å². The predicted octanol–water partition coefficient (Wildman–Crippen LogP) is 0.817. The van der Waals surface area contributed by atoms with Crippen LogP contribution in [-0.4, -0.2) is 38.1 Å². The zero-order valence-corrected chi connectivity index (χ0v) is 13.6. The van der Waals surface area contributed by atoms with E-state index >= 15 is 0 Å². The number of nitrogens with two attached hydrogens (primary N) is 1. The molecule has 0 amide bonds. The third-order valence-corrected chi connectivity index (χ3v) is 4.35. The Hall–Kier alpha value is -0.780. The van der Waals surface area contributed by atoms with Crippen molar-refractivity contribution >= 4 is 28.4 Å². The Morgan fingerprint density at radius 2 is 2.14 bits per heavy atom. The quantitative estimate of drug-likeness (QED) is 0.573. The SMILES string of the molecule is CC1(C)OC2[C@@H](CI)O[C@@H](n3cc(F)c(N)nc3=O)[C@H]2O1. The summed E-state index contributed by atoms with van der Waals surface area (Å²) in [5, 5.41) is 0. The molecule has 2 fully saturated rings. The Kier molecular flexibility index (Phi) is 3.71. The highest BCUT2D eigenvalue weighted by Gasteiger charge is 2.55. The van der Waals surface area contributed by atoms with Crippen molar-refractivity contribution in [3.8, 4) is 0 Å². The summed E-state index contributed by atoms with van der Waals surface area (Å²) >= 11 is 2.17. The van der Waals surface area contributed by atoms with Gasteiger partial charge < -0.3 is 19.9 Å². The number of ether oxygens (including phenoxy) is 3. The molecule has 1 aromatic rings. The van der Waals surface area contributed by atoms with E-state index in [9.17, 15) is 9.18 Å². The van der Waals surface area contributed by atoms with Gasteiger partial charge in [-0.05, 0) is 13.8 Å². The van der Waals surface area contributed by atoms with Crippen molar-refractivity contribution in [3.63, 3.8) is 0 Å². The molecule has 4 atom stereocenters. The van der Waals surface area contributed by atoms with Crippen LogP contribution < -0.4 is 11.4 Å². The second kappa shape index (κ2) is 5.14. The molecule has 2 aliphatic heterocycles. The summed E-state index contributed by atoms with van der Waals surface area (Å²) in [6.45, 7) is 3.58. The molecule has 3 rings (SSSR count). The Morgan fingerprint density at radius 3 is 2.81 bits per heavy atom. The van der Waals surface area contributed by atoms with E-state index in [2.05, 4.69) is 27.6 Å². The lowest BCUT2D eigenvalue weighted by atomic mass is 10.1. The monoisotopic (exact) mass is 411 g/mol. The van der Waals surface area contributed by atoms with Crippen LogP contribution in [0.1, 0.15) is 20.1 Å². The molecule has 3 heterocycles. The highest BCUT2D eigenvalue weighted by atomic mass is 127. The molecule has 116 valence electrons. The molecule has 2 saturated heterocycles. The van der Waals surface area contributed by atoms with E-state index in [1.54, 1.807) is 13.8 Å². The number of nitrogen functional groups attached to an aromatic ring is 1. The number of aromatic nitrogens is 2. The molecule has 0 spiro atoms. The highest BCUT2D eigenvalue weighted by molar-refractivity contribution is 14.1. The average Bonchev–Trinajstić information content (AvgIpc) is 2.87. The molecule has 21 heavy (non-hydrogen) atoms. The van der Waals surface area contributed by atoms with Crippen molar-refractivity contribution in [1.82, 2.24) is 9.55 Å². The molecule has 0 aromatic carbocycles. The van der Waals surface area contributed by atoms with E-state index in [4.69, 9.17) is 19.9 Å². The first-order chi connectivity index (χ1) is 9.82. The molecule has 0 bridgehead atoms. The van der Waals surface area contributed by atoms with Crippen LogP contribution in [-0.2, 0) is 14.2 Å². The van der Waals surface area contributed by atoms with Gasteiger partial charge in [0.15, 0.2) is 23.7 Å². The minimum Gasteiger partial charge on any atom is -0.381 e. The second-order valence-electron chi connectivity index (χ2n) is 5.45. The van der Waals surface area contributed by atoms with Gasteiger partial charge in [-0.25, -0.2) is 9.18 Å². The third-order valence-electron chi connectivity index (χ3n) is 3.49. The predicted molar refractivity (Wildman–Crippen MR) is 79.5 cm³/mol. The number of anilines is 1. The van der Waals surface area contributed by atoms with Crippen molar-refractivity contribution in [3.05, 3.63) is 22.5 Å². The van der Waals surface area contributed by atoms with E-state index < -0.39 is 35.4 Å². The van der Waals surface area contributed by atoms with E-state index in [1.807, 2.05) is 0 Å². The standard InChI is InChI=1S/C12H15FIN3O4/c1-12(2)20-7-6(3-14)19-10(8(7)21-12)17-4-5(13)9(15)16-11(17)18/h4,6-8,10H,3H2,1-2H3,(H2,15,16,18)/t6-,7?,8+,10-/m1/s1. The maximum Gasteiger partial charge on any atom is 0.351 e. The molecule has 1 unspecified atom stereocenters. The van der Waals surface area contributed by atoms with Gasteiger partial charge >= 0.3 is 5.69 Å². The van der Waals surface area contributed by atoms with Crippen LogP contribution >= 0.6 is 22.6 Å². The van der Waals surface area contributed by atoms with Crippen LogP contribution in [0.3, 0.4) is 0 Å². The number of hydrogen-bond donors (Lipinski definition) is 1. The third kappa shape index (κ3) is 2.56. The summed E-state index contributed by atoms with van der Waals surface area (Å²) in [6, 6.07) is 0. The van der Waals surface area contributed by atoms with Crippen LogP contribution in [0.15, 0.2) is 11.0 Å². The number of nitrogens with zero attached hydrogens (tertiary/aromatic N) is 2. The van der Waals surface area contributed by atoms with Gasteiger partial charge in [0.1, 0.15) is 12.2 Å². The van der Waals surface area contributed by atoms with E-state index in [0.717, 1.165) is 10.8 Å². The topological polar surface area (TPSA) is 88.6 Å². The van der Waals surface area contributed by atoms with Gasteiger partial charge in [-0.15, -0.1) is 0 Å². The number of halogens is 2. The van der Waals surface area contributed by atoms with Crippen molar-refractivity contribution in [2.75, 3.05) is 10.2 Å². The van der Waals surface area contributed by atoms with Crippen LogP contribution in [0, 0.1) is 5.82 Å². The van der Waals surface area contributed by atoms with Crippen molar-refractivity contribution in [2.24, 2.45) is 0 Å². The van der Waals surface area contributed by atoms with Gasteiger partial charge in [0, 0.05) is 4.43 Å².